The Labute approximate surface area is 93.2 Å². The molecule has 1 aromatic carbocycles. The monoisotopic (exact) mass is 227 g/mol. The average molecular weight is 227 g/mol. The summed E-state index contributed by atoms with van der Waals surface area (Å²) >= 11 is -1.88. The van der Waals surface area contributed by atoms with Crippen LogP contribution in [0, 0.1) is 5.92 Å². The molecule has 1 atom stereocenters. The first-order chi connectivity index (χ1) is 7.09. The number of hydrogen-bond donors (Lipinski definition) is 2. The molecule has 0 saturated carbocycles. The minimum absolute atomic E-state index is 0.457. The van der Waals surface area contributed by atoms with Crippen LogP contribution in [-0.4, -0.2) is 15.3 Å². The highest BCUT2D eigenvalue weighted by atomic mass is 32.2. The highest BCUT2D eigenvalue weighted by molar-refractivity contribution is 7.79. The van der Waals surface area contributed by atoms with Crippen LogP contribution >= 0.6 is 0 Å². The smallest absolute Gasteiger partial charge is 0.186 e. The van der Waals surface area contributed by atoms with Crippen LogP contribution in [-0.2, 0) is 17.6 Å². The van der Waals surface area contributed by atoms with Crippen LogP contribution in [0.5, 0.6) is 0 Å². The minimum atomic E-state index is -1.88. The first-order valence-electron chi connectivity index (χ1n) is 5.00. The van der Waals surface area contributed by atoms with E-state index in [4.69, 9.17) is 4.55 Å². The molecule has 0 aliphatic heterocycles. The Hall–Kier alpha value is -0.710. The molecule has 0 saturated heterocycles. The fraction of sp³-hybridized carbons (Fsp3) is 0.455. The Kier molecular flexibility index (Phi) is 4.94. The van der Waals surface area contributed by atoms with E-state index < -0.39 is 11.1 Å². The molecule has 0 heterocycles. The maximum Gasteiger partial charge on any atom is 0.186 e. The third-order valence-electron chi connectivity index (χ3n) is 1.98. The van der Waals surface area contributed by atoms with E-state index in [1.807, 2.05) is 6.07 Å². The van der Waals surface area contributed by atoms with E-state index in [1.165, 1.54) is 0 Å². The van der Waals surface area contributed by atoms with Crippen LogP contribution in [0.1, 0.15) is 19.4 Å². The Balaban J connectivity index is 2.54. The van der Waals surface area contributed by atoms with Gasteiger partial charge in [-0.1, -0.05) is 26.0 Å². The zero-order valence-corrected chi connectivity index (χ0v) is 9.88. The predicted molar refractivity (Wildman–Crippen MR) is 62.0 cm³/mol. The van der Waals surface area contributed by atoms with Crippen molar-refractivity contribution in [1.82, 2.24) is 5.32 Å². The zero-order valence-electron chi connectivity index (χ0n) is 9.06. The summed E-state index contributed by atoms with van der Waals surface area (Å²) in [6.45, 7) is 5.98. The molecule has 0 aromatic heterocycles. The molecule has 0 amide bonds. The van der Waals surface area contributed by atoms with Gasteiger partial charge in [0.1, 0.15) is 0 Å². The lowest BCUT2D eigenvalue weighted by atomic mass is 10.2. The molecule has 3 nitrogen and oxygen atoms in total. The molecule has 4 heteroatoms. The lowest BCUT2D eigenvalue weighted by molar-refractivity contribution is 0.551. The summed E-state index contributed by atoms with van der Waals surface area (Å²) in [5, 5.41) is 3.29. The van der Waals surface area contributed by atoms with Crippen LogP contribution in [0.2, 0.25) is 0 Å². The fourth-order valence-electron chi connectivity index (χ4n) is 1.27. The van der Waals surface area contributed by atoms with Crippen molar-refractivity contribution in [3.63, 3.8) is 0 Å². The van der Waals surface area contributed by atoms with Gasteiger partial charge in [0.2, 0.25) is 0 Å². The first-order valence-corrected chi connectivity index (χ1v) is 6.11. The Morgan fingerprint density at radius 1 is 1.47 bits per heavy atom. The number of rotatable bonds is 5. The summed E-state index contributed by atoms with van der Waals surface area (Å²) in [4.78, 5) is 0.457. The van der Waals surface area contributed by atoms with E-state index in [2.05, 4.69) is 19.2 Å². The molecule has 0 spiro atoms. The van der Waals surface area contributed by atoms with Crippen molar-refractivity contribution >= 4 is 11.1 Å². The van der Waals surface area contributed by atoms with Crippen molar-refractivity contribution in [3.05, 3.63) is 29.8 Å². The lowest BCUT2D eigenvalue weighted by Crippen LogP contribution is -2.18. The Morgan fingerprint density at radius 2 is 2.20 bits per heavy atom. The summed E-state index contributed by atoms with van der Waals surface area (Å²) < 4.78 is 19.7. The molecular formula is C11H17NO2S. The van der Waals surface area contributed by atoms with E-state index in [1.54, 1.807) is 18.2 Å². The molecule has 1 aromatic rings. The van der Waals surface area contributed by atoms with E-state index in [0.717, 1.165) is 18.7 Å². The van der Waals surface area contributed by atoms with E-state index in [0.29, 0.717) is 10.8 Å². The van der Waals surface area contributed by atoms with Gasteiger partial charge in [-0.2, -0.15) is 0 Å². The normalized spacial score (nSPS) is 13.1. The van der Waals surface area contributed by atoms with Crippen molar-refractivity contribution in [1.29, 1.82) is 0 Å². The molecule has 1 unspecified atom stereocenters. The molecule has 1 rings (SSSR count). The maximum absolute atomic E-state index is 10.8. The van der Waals surface area contributed by atoms with Crippen LogP contribution < -0.4 is 5.32 Å². The minimum Gasteiger partial charge on any atom is -0.312 e. The van der Waals surface area contributed by atoms with Gasteiger partial charge in [0.05, 0.1) is 4.90 Å². The van der Waals surface area contributed by atoms with Gasteiger partial charge in [0.15, 0.2) is 11.1 Å². The molecule has 0 bridgehead atoms. The van der Waals surface area contributed by atoms with E-state index in [9.17, 15) is 4.21 Å². The van der Waals surface area contributed by atoms with Crippen LogP contribution in [0.4, 0.5) is 0 Å². The van der Waals surface area contributed by atoms with Crippen LogP contribution in [0.15, 0.2) is 29.2 Å². The Bertz CT molecular complexity index is 339. The first kappa shape index (κ1) is 12.4. The predicted octanol–water partition coefficient (Wildman–Crippen LogP) is 2.01. The summed E-state index contributed by atoms with van der Waals surface area (Å²) in [7, 11) is 0. The molecule has 0 aliphatic carbocycles. The highest BCUT2D eigenvalue weighted by Crippen LogP contribution is 2.08. The van der Waals surface area contributed by atoms with Gasteiger partial charge in [-0.25, -0.2) is 4.21 Å². The summed E-state index contributed by atoms with van der Waals surface area (Å²) in [5.41, 5.74) is 1.04. The second kappa shape index (κ2) is 6.00. The van der Waals surface area contributed by atoms with Gasteiger partial charge >= 0.3 is 0 Å². The van der Waals surface area contributed by atoms with Crippen molar-refractivity contribution in [2.75, 3.05) is 6.54 Å². The van der Waals surface area contributed by atoms with Gasteiger partial charge in [-0.15, -0.1) is 0 Å². The van der Waals surface area contributed by atoms with Gasteiger partial charge in [-0.05, 0) is 30.2 Å². The molecule has 0 fully saturated rings. The van der Waals surface area contributed by atoms with Crippen molar-refractivity contribution in [2.24, 2.45) is 5.92 Å². The maximum atomic E-state index is 10.8. The SMILES string of the molecule is CC(C)CNCc1cccc(S(=O)O)c1. The molecule has 2 N–H and O–H groups in total. The number of nitrogens with one attached hydrogen (secondary N) is 1. The molecule has 84 valence electrons. The van der Waals surface area contributed by atoms with Gasteiger partial charge in [0.25, 0.3) is 0 Å². The van der Waals surface area contributed by atoms with Gasteiger partial charge in [0, 0.05) is 6.54 Å². The second-order valence-corrected chi connectivity index (χ2v) is 4.89. The fourth-order valence-corrected chi connectivity index (χ4v) is 1.72. The molecular weight excluding hydrogens is 210 g/mol. The summed E-state index contributed by atoms with van der Waals surface area (Å²) in [6, 6.07) is 7.16. The van der Waals surface area contributed by atoms with E-state index >= 15 is 0 Å². The second-order valence-electron chi connectivity index (χ2n) is 3.92. The molecule has 0 radical (unpaired) electrons. The van der Waals surface area contributed by atoms with Crippen molar-refractivity contribution in [2.45, 2.75) is 25.3 Å². The average Bonchev–Trinajstić information content (AvgIpc) is 2.17. The van der Waals surface area contributed by atoms with Gasteiger partial charge < -0.3 is 9.87 Å². The molecule has 0 aliphatic rings. The van der Waals surface area contributed by atoms with E-state index in [-0.39, 0.29) is 0 Å². The van der Waals surface area contributed by atoms with Gasteiger partial charge in [-0.3, -0.25) is 0 Å². The third-order valence-corrected chi connectivity index (χ3v) is 2.64. The van der Waals surface area contributed by atoms with Crippen molar-refractivity contribution in [3.8, 4) is 0 Å². The summed E-state index contributed by atoms with van der Waals surface area (Å²) in [5.74, 6) is 0.611. The highest BCUT2D eigenvalue weighted by Gasteiger charge is 2.01. The van der Waals surface area contributed by atoms with Crippen LogP contribution in [0.3, 0.4) is 0 Å². The number of benzene rings is 1. The summed E-state index contributed by atoms with van der Waals surface area (Å²) in [6.07, 6.45) is 0. The quantitative estimate of drug-likeness (QED) is 0.757. The lowest BCUT2D eigenvalue weighted by Gasteiger charge is -2.07. The molecule has 15 heavy (non-hydrogen) atoms. The van der Waals surface area contributed by atoms with Crippen molar-refractivity contribution < 1.29 is 8.76 Å². The Morgan fingerprint density at radius 3 is 2.80 bits per heavy atom. The van der Waals surface area contributed by atoms with Crippen LogP contribution in [0.25, 0.3) is 0 Å². The standard InChI is InChI=1S/C11H17NO2S/c1-9(2)7-12-8-10-4-3-5-11(6-10)15(13)14/h3-6,9,12H,7-8H2,1-2H3,(H,13,14). The third kappa shape index (κ3) is 4.55. The zero-order chi connectivity index (χ0) is 11.3. The topological polar surface area (TPSA) is 49.3 Å². The number of hydrogen-bond acceptors (Lipinski definition) is 2. The largest absolute Gasteiger partial charge is 0.312 e.